The van der Waals surface area contributed by atoms with Crippen LogP contribution < -0.4 is 0 Å². The quantitative estimate of drug-likeness (QED) is 0.665. The lowest BCUT2D eigenvalue weighted by Crippen LogP contribution is -2.44. The molecule has 1 atom stereocenters. The van der Waals surface area contributed by atoms with Crippen molar-refractivity contribution in [2.75, 3.05) is 6.54 Å². The SMILES string of the molecule is Cc1c(C(=O)N2CCn3nc(-c4ccccc4)nc3[C@@H]2C(C)C)cnn1C.O=CO. The molecule has 2 aromatic heterocycles. The number of rotatable bonds is 3. The first kappa shape index (κ1) is 21.2. The summed E-state index contributed by atoms with van der Waals surface area (Å²) in [7, 11) is 1.85. The number of carboxylic acid groups (broad SMARTS) is 1. The van der Waals surface area contributed by atoms with Gasteiger partial charge in [0.25, 0.3) is 12.4 Å². The average Bonchev–Trinajstić information content (AvgIpc) is 3.31. The zero-order valence-electron chi connectivity index (χ0n) is 17.6. The first-order valence-electron chi connectivity index (χ1n) is 9.76. The molecule has 158 valence electrons. The molecule has 0 spiro atoms. The molecule has 9 nitrogen and oxygen atoms in total. The van der Waals surface area contributed by atoms with Crippen LogP contribution in [0.2, 0.25) is 0 Å². The van der Waals surface area contributed by atoms with Gasteiger partial charge in [0.15, 0.2) is 11.6 Å². The lowest BCUT2D eigenvalue weighted by atomic mass is 9.99. The predicted octanol–water partition coefficient (Wildman–Crippen LogP) is 2.54. The molecule has 30 heavy (non-hydrogen) atoms. The third kappa shape index (κ3) is 3.96. The molecule has 1 aliphatic rings. The van der Waals surface area contributed by atoms with E-state index in [0.717, 1.165) is 17.1 Å². The van der Waals surface area contributed by atoms with Gasteiger partial charge in [-0.25, -0.2) is 9.67 Å². The van der Waals surface area contributed by atoms with Gasteiger partial charge in [0, 0.05) is 24.8 Å². The van der Waals surface area contributed by atoms with Crippen LogP contribution in [0.15, 0.2) is 36.5 Å². The molecule has 9 heteroatoms. The number of carbonyl (C=O) groups is 2. The molecule has 0 saturated heterocycles. The molecule has 0 radical (unpaired) electrons. The highest BCUT2D eigenvalue weighted by Crippen LogP contribution is 2.33. The topological polar surface area (TPSA) is 106 Å². The molecule has 1 aromatic carbocycles. The smallest absolute Gasteiger partial charge is 0.290 e. The summed E-state index contributed by atoms with van der Waals surface area (Å²) in [6.45, 7) is 7.16. The Hall–Kier alpha value is -3.49. The minimum absolute atomic E-state index is 0.00908. The van der Waals surface area contributed by atoms with Gasteiger partial charge in [0.05, 0.1) is 24.3 Å². The van der Waals surface area contributed by atoms with Crippen molar-refractivity contribution in [2.24, 2.45) is 13.0 Å². The van der Waals surface area contributed by atoms with E-state index in [2.05, 4.69) is 18.9 Å². The highest BCUT2D eigenvalue weighted by molar-refractivity contribution is 5.95. The first-order valence-corrected chi connectivity index (χ1v) is 9.76. The van der Waals surface area contributed by atoms with Crippen LogP contribution in [0.1, 0.15) is 41.8 Å². The number of hydrogen-bond donors (Lipinski definition) is 1. The summed E-state index contributed by atoms with van der Waals surface area (Å²) in [4.78, 5) is 28.4. The predicted molar refractivity (Wildman–Crippen MR) is 111 cm³/mol. The number of fused-ring (bicyclic) bond motifs is 1. The Morgan fingerprint density at radius 3 is 2.47 bits per heavy atom. The minimum Gasteiger partial charge on any atom is -0.483 e. The third-order valence-electron chi connectivity index (χ3n) is 5.24. The molecule has 0 bridgehead atoms. The number of nitrogens with zero attached hydrogens (tertiary/aromatic N) is 6. The first-order chi connectivity index (χ1) is 14.4. The van der Waals surface area contributed by atoms with Crippen LogP contribution >= 0.6 is 0 Å². The van der Waals surface area contributed by atoms with Gasteiger partial charge in [-0.3, -0.25) is 14.3 Å². The van der Waals surface area contributed by atoms with E-state index in [9.17, 15) is 4.79 Å². The van der Waals surface area contributed by atoms with Crippen LogP contribution in [-0.2, 0) is 18.4 Å². The number of aryl methyl sites for hydroxylation is 1. The van der Waals surface area contributed by atoms with Gasteiger partial charge in [-0.05, 0) is 12.8 Å². The Kier molecular flexibility index (Phi) is 6.29. The normalized spacial score (nSPS) is 15.4. The summed E-state index contributed by atoms with van der Waals surface area (Å²) in [6, 6.07) is 9.84. The summed E-state index contributed by atoms with van der Waals surface area (Å²) in [5.74, 6) is 1.79. The second-order valence-electron chi connectivity index (χ2n) is 7.44. The maximum Gasteiger partial charge on any atom is 0.290 e. The molecule has 3 aromatic rings. The van der Waals surface area contributed by atoms with Crippen LogP contribution in [0.3, 0.4) is 0 Å². The number of amides is 1. The van der Waals surface area contributed by atoms with Gasteiger partial charge in [0.2, 0.25) is 0 Å². The fourth-order valence-electron chi connectivity index (χ4n) is 3.68. The fourth-order valence-corrected chi connectivity index (χ4v) is 3.68. The second-order valence-corrected chi connectivity index (χ2v) is 7.44. The Labute approximate surface area is 175 Å². The van der Waals surface area contributed by atoms with E-state index >= 15 is 0 Å². The van der Waals surface area contributed by atoms with Gasteiger partial charge in [-0.15, -0.1) is 0 Å². The summed E-state index contributed by atoms with van der Waals surface area (Å²) in [6.07, 6.45) is 1.66. The molecule has 3 heterocycles. The van der Waals surface area contributed by atoms with Crippen molar-refractivity contribution in [1.29, 1.82) is 0 Å². The van der Waals surface area contributed by atoms with Gasteiger partial charge in [-0.1, -0.05) is 44.2 Å². The zero-order chi connectivity index (χ0) is 21.8. The third-order valence-corrected chi connectivity index (χ3v) is 5.24. The zero-order valence-corrected chi connectivity index (χ0v) is 17.6. The maximum absolute atomic E-state index is 13.3. The largest absolute Gasteiger partial charge is 0.483 e. The summed E-state index contributed by atoms with van der Waals surface area (Å²) >= 11 is 0. The maximum atomic E-state index is 13.3. The van der Waals surface area contributed by atoms with Crippen LogP contribution in [0, 0.1) is 12.8 Å². The molecule has 0 saturated carbocycles. The highest BCUT2D eigenvalue weighted by atomic mass is 16.3. The molecule has 0 aliphatic carbocycles. The fraction of sp³-hybridized carbons (Fsp3) is 0.381. The van der Waals surface area contributed by atoms with E-state index in [4.69, 9.17) is 20.0 Å². The molecule has 1 aliphatic heterocycles. The number of hydrogen-bond acceptors (Lipinski definition) is 5. The van der Waals surface area contributed by atoms with Crippen molar-refractivity contribution in [3.05, 3.63) is 53.6 Å². The molecular weight excluding hydrogens is 384 g/mol. The monoisotopic (exact) mass is 410 g/mol. The molecule has 0 fully saturated rings. The second kappa shape index (κ2) is 8.89. The molecule has 0 unspecified atom stereocenters. The molecule has 1 amide bonds. The van der Waals surface area contributed by atoms with E-state index in [1.165, 1.54) is 0 Å². The standard InChI is InChI=1S/C20H24N6O.CH2O2/c1-13(2)17-19-22-18(15-8-6-5-7-9-15)23-26(19)11-10-25(17)20(27)16-12-21-24(4)14(16)3;2-1-3/h5-9,12-13,17H,10-11H2,1-4H3;1H,(H,2,3)/t17-;/m0./s1. The summed E-state index contributed by atoms with van der Waals surface area (Å²) in [5, 5.41) is 15.8. The van der Waals surface area contributed by atoms with Crippen LogP contribution in [0.4, 0.5) is 0 Å². The number of carbonyl (C=O) groups excluding carboxylic acids is 1. The Morgan fingerprint density at radius 1 is 1.23 bits per heavy atom. The number of aromatic nitrogens is 5. The lowest BCUT2D eigenvalue weighted by Gasteiger charge is -2.37. The molecular formula is C21H26N6O3. The molecule has 4 rings (SSSR count). The van der Waals surface area contributed by atoms with Gasteiger partial charge in [0.1, 0.15) is 0 Å². The van der Waals surface area contributed by atoms with Crippen LogP contribution in [-0.4, -0.2) is 53.5 Å². The highest BCUT2D eigenvalue weighted by Gasteiger charge is 2.37. The average molecular weight is 410 g/mol. The van der Waals surface area contributed by atoms with E-state index in [-0.39, 0.29) is 24.3 Å². The van der Waals surface area contributed by atoms with Gasteiger partial charge < -0.3 is 10.0 Å². The van der Waals surface area contributed by atoms with Crippen molar-refractivity contribution >= 4 is 12.4 Å². The Bertz CT molecular complexity index is 1020. The Balaban J connectivity index is 0.000000806. The minimum atomic E-state index is -0.250. The number of benzene rings is 1. The van der Waals surface area contributed by atoms with E-state index < -0.39 is 0 Å². The van der Waals surface area contributed by atoms with Crippen molar-refractivity contribution < 1.29 is 14.7 Å². The van der Waals surface area contributed by atoms with Crippen LogP contribution in [0.5, 0.6) is 0 Å². The summed E-state index contributed by atoms with van der Waals surface area (Å²) < 4.78 is 3.68. The Morgan fingerprint density at radius 2 is 1.90 bits per heavy atom. The summed E-state index contributed by atoms with van der Waals surface area (Å²) in [5.41, 5.74) is 2.52. The van der Waals surface area contributed by atoms with Crippen molar-refractivity contribution in [1.82, 2.24) is 29.4 Å². The van der Waals surface area contributed by atoms with Crippen molar-refractivity contribution in [3.8, 4) is 11.4 Å². The molecule has 1 N–H and O–H groups in total. The van der Waals surface area contributed by atoms with Crippen molar-refractivity contribution in [2.45, 2.75) is 33.4 Å². The van der Waals surface area contributed by atoms with E-state index in [1.807, 2.05) is 53.9 Å². The van der Waals surface area contributed by atoms with E-state index in [0.29, 0.717) is 24.5 Å². The van der Waals surface area contributed by atoms with E-state index in [1.54, 1.807) is 10.9 Å². The lowest BCUT2D eigenvalue weighted by molar-refractivity contribution is -0.122. The van der Waals surface area contributed by atoms with Gasteiger partial charge >= 0.3 is 0 Å². The van der Waals surface area contributed by atoms with Gasteiger partial charge in [-0.2, -0.15) is 10.2 Å². The van der Waals surface area contributed by atoms with Crippen LogP contribution in [0.25, 0.3) is 11.4 Å². The van der Waals surface area contributed by atoms with Crippen molar-refractivity contribution in [3.63, 3.8) is 0 Å².